The van der Waals surface area contributed by atoms with Gasteiger partial charge in [0.15, 0.2) is 11.5 Å². The summed E-state index contributed by atoms with van der Waals surface area (Å²) in [5.74, 6) is -3.11. The first-order valence-electron chi connectivity index (χ1n) is 6.17. The summed E-state index contributed by atoms with van der Waals surface area (Å²) in [4.78, 5) is 0. The highest BCUT2D eigenvalue weighted by molar-refractivity contribution is 9.10. The molecule has 1 aromatic carbocycles. The maximum Gasteiger partial charge on any atom is 0.319 e. The van der Waals surface area contributed by atoms with Crippen molar-refractivity contribution < 1.29 is 27.0 Å². The number of nitrogens with one attached hydrogen (secondary N) is 1. The van der Waals surface area contributed by atoms with Crippen molar-refractivity contribution in [1.29, 1.82) is 0 Å². The van der Waals surface area contributed by atoms with Gasteiger partial charge in [0.1, 0.15) is 0 Å². The van der Waals surface area contributed by atoms with Crippen LogP contribution >= 0.6 is 15.9 Å². The molecule has 0 saturated carbocycles. The number of halogens is 5. The fourth-order valence-corrected chi connectivity index (χ4v) is 2.21. The molecule has 1 rings (SSSR count). The van der Waals surface area contributed by atoms with Crippen molar-refractivity contribution in [2.24, 2.45) is 0 Å². The van der Waals surface area contributed by atoms with Crippen molar-refractivity contribution in [3.8, 4) is 11.5 Å². The smallest absolute Gasteiger partial charge is 0.319 e. The lowest BCUT2D eigenvalue weighted by Gasteiger charge is -2.17. The van der Waals surface area contributed by atoms with Gasteiger partial charge in [0.25, 0.3) is 0 Å². The summed E-state index contributed by atoms with van der Waals surface area (Å²) in [5.41, 5.74) is 0.604. The van der Waals surface area contributed by atoms with Gasteiger partial charge in [-0.3, -0.25) is 0 Å². The van der Waals surface area contributed by atoms with Crippen LogP contribution in [-0.4, -0.2) is 32.6 Å². The second-order valence-electron chi connectivity index (χ2n) is 4.21. The molecule has 0 amide bonds. The van der Waals surface area contributed by atoms with Gasteiger partial charge < -0.3 is 14.8 Å². The molecule has 0 aromatic heterocycles. The number of rotatable bonds is 8. The van der Waals surface area contributed by atoms with Crippen LogP contribution in [0.3, 0.4) is 0 Å². The zero-order valence-corrected chi connectivity index (χ0v) is 13.1. The first-order valence-corrected chi connectivity index (χ1v) is 6.97. The zero-order chi connectivity index (χ0) is 16.0. The SMILES string of the molecule is CCOc1c(Br)cc(CNCC(F)(F)C(F)F)cc1OC. The summed E-state index contributed by atoms with van der Waals surface area (Å²) < 4.78 is 60.7. The summed E-state index contributed by atoms with van der Waals surface area (Å²) in [6.45, 7) is 1.16. The third kappa shape index (κ3) is 5.03. The molecule has 1 aromatic rings. The first kappa shape index (κ1) is 18.0. The molecule has 0 aliphatic rings. The predicted molar refractivity (Wildman–Crippen MR) is 74.5 cm³/mol. The van der Waals surface area contributed by atoms with Gasteiger partial charge in [0, 0.05) is 6.54 Å². The molecule has 8 heteroatoms. The Bertz CT molecular complexity index is 472. The van der Waals surface area contributed by atoms with Crippen molar-refractivity contribution in [1.82, 2.24) is 5.32 Å². The average Bonchev–Trinajstić information content (AvgIpc) is 2.41. The number of ether oxygens (including phenoxy) is 2. The van der Waals surface area contributed by atoms with E-state index in [2.05, 4.69) is 21.2 Å². The Morgan fingerprint density at radius 2 is 2.00 bits per heavy atom. The van der Waals surface area contributed by atoms with Crippen LogP contribution in [-0.2, 0) is 6.54 Å². The van der Waals surface area contributed by atoms with Crippen LogP contribution in [0, 0.1) is 0 Å². The number of methoxy groups -OCH3 is 1. The van der Waals surface area contributed by atoms with Crippen molar-refractivity contribution in [2.45, 2.75) is 25.8 Å². The van der Waals surface area contributed by atoms with Crippen LogP contribution in [0.5, 0.6) is 11.5 Å². The fourth-order valence-electron chi connectivity index (χ4n) is 1.61. The average molecular weight is 374 g/mol. The van der Waals surface area contributed by atoms with E-state index in [1.807, 2.05) is 6.92 Å². The van der Waals surface area contributed by atoms with Crippen molar-refractivity contribution >= 4 is 15.9 Å². The molecule has 0 bridgehead atoms. The Balaban J connectivity index is 2.75. The van der Waals surface area contributed by atoms with Gasteiger partial charge in [-0.25, -0.2) is 8.78 Å². The van der Waals surface area contributed by atoms with Crippen LogP contribution < -0.4 is 14.8 Å². The summed E-state index contributed by atoms with van der Waals surface area (Å²) in [7, 11) is 1.45. The second-order valence-corrected chi connectivity index (χ2v) is 5.06. The molecule has 0 atom stereocenters. The molecular formula is C13H16BrF4NO2. The molecule has 0 saturated heterocycles. The third-order valence-electron chi connectivity index (χ3n) is 2.59. The van der Waals surface area contributed by atoms with E-state index in [4.69, 9.17) is 9.47 Å². The molecule has 120 valence electrons. The van der Waals surface area contributed by atoms with E-state index in [0.29, 0.717) is 28.1 Å². The van der Waals surface area contributed by atoms with Gasteiger partial charge in [-0.05, 0) is 40.5 Å². The lowest BCUT2D eigenvalue weighted by molar-refractivity contribution is -0.125. The summed E-state index contributed by atoms with van der Waals surface area (Å²) in [6, 6.07) is 3.25. The molecule has 3 nitrogen and oxygen atoms in total. The van der Waals surface area contributed by atoms with E-state index >= 15 is 0 Å². The van der Waals surface area contributed by atoms with Gasteiger partial charge in [0.05, 0.1) is 24.7 Å². The maximum absolute atomic E-state index is 12.8. The molecule has 1 N–H and O–H groups in total. The maximum atomic E-state index is 12.8. The number of hydrogen-bond donors (Lipinski definition) is 1. The quantitative estimate of drug-likeness (QED) is 0.702. The lowest BCUT2D eigenvalue weighted by atomic mass is 10.2. The molecule has 0 unspecified atom stereocenters. The van der Waals surface area contributed by atoms with Gasteiger partial charge in [-0.1, -0.05) is 0 Å². The number of hydrogen-bond acceptors (Lipinski definition) is 3. The summed E-state index contributed by atoms with van der Waals surface area (Å²) in [5, 5.41) is 2.31. The minimum Gasteiger partial charge on any atom is -0.493 e. The molecule has 21 heavy (non-hydrogen) atoms. The molecule has 0 aliphatic carbocycles. The number of benzene rings is 1. The van der Waals surface area contributed by atoms with Crippen LogP contribution in [0.25, 0.3) is 0 Å². The molecule has 0 spiro atoms. The second kappa shape index (κ2) is 7.84. The fraction of sp³-hybridized carbons (Fsp3) is 0.538. The highest BCUT2D eigenvalue weighted by Crippen LogP contribution is 2.36. The Hall–Kier alpha value is -1.02. The van der Waals surface area contributed by atoms with Gasteiger partial charge in [-0.15, -0.1) is 0 Å². The normalized spacial score (nSPS) is 11.8. The highest BCUT2D eigenvalue weighted by atomic mass is 79.9. The van der Waals surface area contributed by atoms with Crippen molar-refractivity contribution in [3.63, 3.8) is 0 Å². The lowest BCUT2D eigenvalue weighted by Crippen LogP contribution is -2.38. The minimum absolute atomic E-state index is 0.00365. The first-order chi connectivity index (χ1) is 9.81. The van der Waals surface area contributed by atoms with Gasteiger partial charge in [0.2, 0.25) is 0 Å². The van der Waals surface area contributed by atoms with Gasteiger partial charge >= 0.3 is 12.3 Å². The molecule has 0 radical (unpaired) electrons. The van der Waals surface area contributed by atoms with Crippen molar-refractivity contribution in [2.75, 3.05) is 20.3 Å². The monoisotopic (exact) mass is 373 g/mol. The minimum atomic E-state index is -4.05. The van der Waals surface area contributed by atoms with E-state index in [1.54, 1.807) is 12.1 Å². The standard InChI is InChI=1S/C13H16BrF4NO2/c1-3-21-11-9(14)4-8(5-10(11)20-2)6-19-7-13(17,18)12(15)16/h4-5,12,19H,3,6-7H2,1-2H3. The molecule has 0 heterocycles. The molecular weight excluding hydrogens is 358 g/mol. The highest BCUT2D eigenvalue weighted by Gasteiger charge is 2.39. The van der Waals surface area contributed by atoms with E-state index < -0.39 is 18.9 Å². The van der Waals surface area contributed by atoms with Crippen LogP contribution in [0.15, 0.2) is 16.6 Å². The Morgan fingerprint density at radius 1 is 1.33 bits per heavy atom. The van der Waals surface area contributed by atoms with Crippen LogP contribution in [0.1, 0.15) is 12.5 Å². The van der Waals surface area contributed by atoms with E-state index in [9.17, 15) is 17.6 Å². The van der Waals surface area contributed by atoms with E-state index in [0.717, 1.165) is 0 Å². The summed E-state index contributed by atoms with van der Waals surface area (Å²) in [6.07, 6.45) is -3.69. The van der Waals surface area contributed by atoms with Crippen LogP contribution in [0.2, 0.25) is 0 Å². The van der Waals surface area contributed by atoms with Crippen LogP contribution in [0.4, 0.5) is 17.6 Å². The predicted octanol–water partition coefficient (Wildman–Crippen LogP) is 3.85. The Kier molecular flexibility index (Phi) is 6.73. The molecule has 0 fully saturated rings. The third-order valence-corrected chi connectivity index (χ3v) is 3.18. The van der Waals surface area contributed by atoms with Gasteiger partial charge in [-0.2, -0.15) is 8.78 Å². The van der Waals surface area contributed by atoms with Crippen molar-refractivity contribution in [3.05, 3.63) is 22.2 Å². The topological polar surface area (TPSA) is 30.5 Å². The van der Waals surface area contributed by atoms with E-state index in [1.165, 1.54) is 7.11 Å². The Labute approximate surface area is 128 Å². The zero-order valence-electron chi connectivity index (χ0n) is 11.6. The number of alkyl halides is 4. The molecule has 0 aliphatic heterocycles. The summed E-state index contributed by atoms with van der Waals surface area (Å²) >= 11 is 3.29. The van der Waals surface area contributed by atoms with E-state index in [-0.39, 0.29) is 6.54 Å². The Morgan fingerprint density at radius 3 is 2.52 bits per heavy atom. The largest absolute Gasteiger partial charge is 0.493 e.